The summed E-state index contributed by atoms with van der Waals surface area (Å²) in [7, 11) is -15.9. The largest absolute Gasteiger partial charge is 0.672 e. The molecule has 0 aromatic carbocycles. The molecule has 0 aliphatic rings. The highest BCUT2D eigenvalue weighted by Gasteiger charge is 2.67. The number of alkyl carbamates (subject to hydrolysis) is 1. The molecule has 0 rings (SSSR count). The third-order valence-corrected chi connectivity index (χ3v) is 19.2. The van der Waals surface area contributed by atoms with Crippen molar-refractivity contribution in [2.24, 2.45) is 0 Å². The van der Waals surface area contributed by atoms with E-state index in [1.54, 1.807) is 6.92 Å². The van der Waals surface area contributed by atoms with Crippen LogP contribution in [0.3, 0.4) is 0 Å². The molecule has 0 radical (unpaired) electrons. The minimum Gasteiger partial charge on any atom is -0.450 e. The van der Waals surface area contributed by atoms with Gasteiger partial charge in [-0.3, -0.25) is 0 Å². The molecular weight excluding hydrogens is 675 g/mol. The van der Waals surface area contributed by atoms with E-state index in [9.17, 15) is 4.79 Å². The van der Waals surface area contributed by atoms with E-state index in [4.69, 9.17) is 56.9 Å². The number of amides is 1. The summed E-state index contributed by atoms with van der Waals surface area (Å²) in [5, 5.41) is 2.75. The molecule has 0 bridgehead atoms. The molecule has 0 heterocycles. The highest BCUT2D eigenvalue weighted by molar-refractivity contribution is 6.82. The number of ether oxygens (including phenoxy) is 1. The molecule has 1 amide bonds. The molecule has 0 aromatic rings. The van der Waals surface area contributed by atoms with Crippen LogP contribution in [0.15, 0.2) is 0 Å². The van der Waals surface area contributed by atoms with E-state index < -0.39 is 42.0 Å². The van der Waals surface area contributed by atoms with E-state index >= 15 is 0 Å². The van der Waals surface area contributed by atoms with Gasteiger partial charge in [0.15, 0.2) is 0 Å². The lowest BCUT2D eigenvalue weighted by atomic mass is 10.2. The van der Waals surface area contributed by atoms with E-state index in [0.717, 1.165) is 19.3 Å². The van der Waals surface area contributed by atoms with Crippen molar-refractivity contribution >= 4 is 42.0 Å². The Kier molecular flexibility index (Phi) is 26.3. The lowest BCUT2D eigenvalue weighted by Gasteiger charge is -2.43. The highest BCUT2D eigenvalue weighted by Crippen LogP contribution is 2.34. The Hall–Kier alpha value is -0.342. The van der Waals surface area contributed by atoms with Gasteiger partial charge in [0.1, 0.15) is 0 Å². The van der Waals surface area contributed by atoms with Gasteiger partial charge in [0.25, 0.3) is 0 Å². The number of nitrogens with one attached hydrogen (secondary N) is 1. The average molecular weight is 738 g/mol. The summed E-state index contributed by atoms with van der Waals surface area (Å²) in [6.07, 6.45) is 2.46. The monoisotopic (exact) mass is 737 g/mol. The van der Waals surface area contributed by atoms with Crippen LogP contribution in [-0.4, -0.2) is 115 Å². The molecule has 276 valence electrons. The zero-order valence-electron chi connectivity index (χ0n) is 30.0. The van der Waals surface area contributed by atoms with Gasteiger partial charge in [-0.1, -0.05) is 12.8 Å². The summed E-state index contributed by atoms with van der Waals surface area (Å²) in [5.74, 6) is 0. The number of hydrogen-bond acceptors (Lipinski definition) is 14. The first-order valence-corrected chi connectivity index (χ1v) is 23.7. The predicted molar refractivity (Wildman–Crippen MR) is 179 cm³/mol. The van der Waals surface area contributed by atoms with Crippen molar-refractivity contribution in [3.05, 3.63) is 0 Å². The quantitative estimate of drug-likeness (QED) is 0.0736. The second-order valence-electron chi connectivity index (χ2n) is 9.20. The first-order valence-electron chi connectivity index (χ1n) is 16.9. The maximum absolute atomic E-state index is 11.7. The highest BCUT2D eigenvalue weighted by atomic mass is 28.5. The van der Waals surface area contributed by atoms with Crippen LogP contribution in [0.4, 0.5) is 4.79 Å². The molecule has 0 unspecified atom stereocenters. The van der Waals surface area contributed by atoms with Crippen LogP contribution >= 0.6 is 0 Å². The molecule has 0 saturated heterocycles. The summed E-state index contributed by atoms with van der Waals surface area (Å²) in [5.41, 5.74) is 0. The smallest absolute Gasteiger partial charge is 0.450 e. The van der Waals surface area contributed by atoms with Crippen LogP contribution < -0.4 is 5.32 Å². The Bertz CT molecular complexity index is 641. The third kappa shape index (κ3) is 17.4. The first kappa shape index (κ1) is 45.7. The average Bonchev–Trinajstić information content (AvgIpc) is 2.98. The molecule has 0 atom stereocenters. The molecule has 46 heavy (non-hydrogen) atoms. The summed E-state index contributed by atoms with van der Waals surface area (Å²) >= 11 is 0. The molecule has 0 saturated carbocycles. The summed E-state index contributed by atoms with van der Waals surface area (Å²) in [6, 6.07) is 0.254. The number of rotatable bonds is 32. The van der Waals surface area contributed by atoms with Gasteiger partial charge in [0, 0.05) is 72.1 Å². The van der Waals surface area contributed by atoms with Crippen molar-refractivity contribution in [2.75, 3.05) is 72.6 Å². The Morgan fingerprint density at radius 2 is 0.739 bits per heavy atom. The summed E-state index contributed by atoms with van der Waals surface area (Å²) in [6.45, 7) is 21.3. The SMILES string of the molecule is CCOC(=O)NCCCCCC[Si](O[Si](OCC)(OCC)OCC)(O[Si](OCC)(OCC)OCC)O[Si](OCC)(OCC)OCC. The van der Waals surface area contributed by atoms with Crippen LogP contribution in [0.1, 0.15) is 94.9 Å². The standard InChI is InChI=1S/C27H63NO14Si4/c1-11-30-27(29)28-25-23-21-22-24-26-43(40-44(31-12-2,32-13-3)33-14-4,41-45(34-15-5,35-16-6)36-17-7)42-46(37-18-8,38-19-9)39-20-10/h11-26H2,1-10H3,(H,28,29). The number of unbranched alkanes of at least 4 members (excludes halogenated alkanes) is 3. The van der Waals surface area contributed by atoms with E-state index in [-0.39, 0.29) is 65.5 Å². The molecule has 0 aliphatic heterocycles. The fraction of sp³-hybridized carbons (Fsp3) is 0.963. The van der Waals surface area contributed by atoms with Crippen LogP contribution in [0.25, 0.3) is 0 Å². The maximum Gasteiger partial charge on any atom is 0.672 e. The molecular formula is C27H63NO14Si4. The van der Waals surface area contributed by atoms with Gasteiger partial charge in [0.2, 0.25) is 0 Å². The van der Waals surface area contributed by atoms with Crippen molar-refractivity contribution in [3.63, 3.8) is 0 Å². The number of carbonyl (C=O) groups excluding carboxylic acids is 1. The van der Waals surface area contributed by atoms with Crippen molar-refractivity contribution in [1.29, 1.82) is 0 Å². The normalized spacial score (nSPS) is 12.9. The Labute approximate surface area is 282 Å². The Balaban J connectivity index is 6.99. The summed E-state index contributed by atoms with van der Waals surface area (Å²) < 4.78 is 80.9. The van der Waals surface area contributed by atoms with Gasteiger partial charge in [-0.05, 0) is 82.1 Å². The van der Waals surface area contributed by atoms with Crippen LogP contribution in [0.5, 0.6) is 0 Å². The lowest BCUT2D eigenvalue weighted by molar-refractivity contribution is -0.0546. The zero-order chi connectivity index (χ0) is 34.8. The first-order chi connectivity index (χ1) is 22.1. The fourth-order valence-corrected chi connectivity index (χ4v) is 18.4. The van der Waals surface area contributed by atoms with Crippen LogP contribution in [0, 0.1) is 0 Å². The maximum atomic E-state index is 11.7. The van der Waals surface area contributed by atoms with Gasteiger partial charge in [0.05, 0.1) is 6.61 Å². The number of hydrogen-bond donors (Lipinski definition) is 1. The van der Waals surface area contributed by atoms with Crippen molar-refractivity contribution < 1.29 is 61.7 Å². The summed E-state index contributed by atoms with van der Waals surface area (Å²) in [4.78, 5) is 11.7. The Morgan fingerprint density at radius 3 is 1.02 bits per heavy atom. The topological polar surface area (TPSA) is 149 Å². The molecule has 15 nitrogen and oxygen atoms in total. The molecule has 1 N–H and O–H groups in total. The lowest BCUT2D eigenvalue weighted by Crippen LogP contribution is -2.70. The molecule has 0 fully saturated rings. The van der Waals surface area contributed by atoms with Gasteiger partial charge in [-0.25, -0.2) is 4.79 Å². The minimum atomic E-state index is -4.16. The molecule has 0 aromatic heterocycles. The van der Waals surface area contributed by atoms with E-state index in [2.05, 4.69) is 5.32 Å². The van der Waals surface area contributed by atoms with E-state index in [1.807, 2.05) is 62.3 Å². The third-order valence-electron chi connectivity index (χ3n) is 5.69. The van der Waals surface area contributed by atoms with Crippen molar-refractivity contribution in [3.8, 4) is 0 Å². The van der Waals surface area contributed by atoms with Gasteiger partial charge >= 0.3 is 42.0 Å². The minimum absolute atomic E-state index is 0.250. The van der Waals surface area contributed by atoms with Crippen LogP contribution in [0.2, 0.25) is 6.04 Å². The number of carbonyl (C=O) groups is 1. The van der Waals surface area contributed by atoms with Crippen molar-refractivity contribution in [2.45, 2.75) is 101 Å². The van der Waals surface area contributed by atoms with Gasteiger partial charge in [-0.2, -0.15) is 0 Å². The second-order valence-corrected chi connectivity index (χ2v) is 19.1. The second kappa shape index (κ2) is 26.5. The zero-order valence-corrected chi connectivity index (χ0v) is 34.0. The van der Waals surface area contributed by atoms with Gasteiger partial charge in [-0.15, -0.1) is 0 Å². The van der Waals surface area contributed by atoms with E-state index in [1.165, 1.54) is 0 Å². The van der Waals surface area contributed by atoms with Crippen LogP contribution in [-0.2, 0) is 56.9 Å². The molecule has 19 heteroatoms. The molecule has 0 spiro atoms. The molecule has 0 aliphatic carbocycles. The van der Waals surface area contributed by atoms with Crippen molar-refractivity contribution in [1.82, 2.24) is 5.32 Å². The Morgan fingerprint density at radius 1 is 0.435 bits per heavy atom. The fourth-order valence-electron chi connectivity index (χ4n) is 4.21. The van der Waals surface area contributed by atoms with E-state index in [0.29, 0.717) is 19.6 Å². The predicted octanol–water partition coefficient (Wildman–Crippen LogP) is 4.92. The van der Waals surface area contributed by atoms with Gasteiger partial charge < -0.3 is 62.2 Å².